The van der Waals surface area contributed by atoms with Gasteiger partial charge in [-0.15, -0.1) is 0 Å². The Kier molecular flexibility index (Phi) is 7.27. The van der Waals surface area contributed by atoms with Crippen LogP contribution >= 0.6 is 0 Å². The van der Waals surface area contributed by atoms with Gasteiger partial charge in [0, 0.05) is 48.7 Å². The van der Waals surface area contributed by atoms with Gasteiger partial charge in [0.25, 0.3) is 0 Å². The van der Waals surface area contributed by atoms with Gasteiger partial charge in [0.15, 0.2) is 5.82 Å². The highest BCUT2D eigenvalue weighted by Crippen LogP contribution is 2.40. The minimum atomic E-state index is 0.530. The molecule has 0 unspecified atom stereocenters. The number of furan rings is 2. The Morgan fingerprint density at radius 2 is 0.656 bits per heavy atom. The van der Waals surface area contributed by atoms with Gasteiger partial charge in [-0.25, -0.2) is 0 Å². The van der Waals surface area contributed by atoms with Crippen LogP contribution in [0, 0.1) is 0 Å². The van der Waals surface area contributed by atoms with E-state index in [1.54, 1.807) is 0 Å². The van der Waals surface area contributed by atoms with E-state index in [-0.39, 0.29) is 0 Å². The van der Waals surface area contributed by atoms with E-state index in [0.29, 0.717) is 17.7 Å². The third-order valence-corrected chi connectivity index (χ3v) is 12.8. The Labute approximate surface area is 364 Å². The predicted molar refractivity (Wildman–Crippen MR) is 259 cm³/mol. The zero-order valence-electron chi connectivity index (χ0n) is 34.1. The van der Waals surface area contributed by atoms with Crippen molar-refractivity contribution in [3.05, 3.63) is 200 Å². The third-order valence-electron chi connectivity index (χ3n) is 12.8. The van der Waals surface area contributed by atoms with Gasteiger partial charge in [0.05, 0.1) is 22.1 Å². The smallest absolute Gasteiger partial charge is 0.240 e. The van der Waals surface area contributed by atoms with E-state index in [1.165, 1.54) is 0 Å². The van der Waals surface area contributed by atoms with Crippen LogP contribution in [0.2, 0.25) is 0 Å². The lowest BCUT2D eigenvalue weighted by Crippen LogP contribution is -2.10. The number of rotatable bonds is 5. The average molecular weight is 820 g/mol. The summed E-state index contributed by atoms with van der Waals surface area (Å²) < 4.78 is 16.8. The highest BCUT2D eigenvalue weighted by molar-refractivity contribution is 6.13. The van der Waals surface area contributed by atoms with E-state index in [4.69, 9.17) is 23.8 Å². The van der Waals surface area contributed by atoms with E-state index in [0.717, 1.165) is 115 Å². The van der Waals surface area contributed by atoms with E-state index in [2.05, 4.69) is 167 Å². The molecule has 0 amide bonds. The summed E-state index contributed by atoms with van der Waals surface area (Å²) in [6.07, 6.45) is 0. The third kappa shape index (κ3) is 5.18. The maximum Gasteiger partial charge on any atom is 0.240 e. The molecule has 5 heterocycles. The quantitative estimate of drug-likeness (QED) is 0.173. The molecule has 14 rings (SSSR count). The molecule has 7 nitrogen and oxygen atoms in total. The van der Waals surface area contributed by atoms with Crippen molar-refractivity contribution in [2.45, 2.75) is 0 Å². The summed E-state index contributed by atoms with van der Waals surface area (Å²) in [7, 11) is 0. The number of para-hydroxylation sites is 4. The zero-order valence-corrected chi connectivity index (χ0v) is 34.1. The maximum absolute atomic E-state index is 6.20. The molecule has 0 saturated carbocycles. The van der Waals surface area contributed by atoms with Crippen molar-refractivity contribution in [3.63, 3.8) is 0 Å². The lowest BCUT2D eigenvalue weighted by atomic mass is 10.0. The fourth-order valence-electron chi connectivity index (χ4n) is 9.81. The Bertz CT molecular complexity index is 3960. The number of aromatic nitrogens is 5. The SMILES string of the molecule is c1ccc(-c2nc(-n3c4ccccc4c4ccc(-c5ccc6oc7ccccc7c6c5)cc43)nc(-n3c4ccccc4c4ccc(-c5ccc6oc7ccccc7c6c5)cc43)n2)cc1. The fourth-order valence-corrected chi connectivity index (χ4v) is 9.81. The molecule has 7 heteroatoms. The van der Waals surface area contributed by atoms with Crippen LogP contribution in [0.3, 0.4) is 0 Å². The van der Waals surface area contributed by atoms with E-state index in [1.807, 2.05) is 42.5 Å². The van der Waals surface area contributed by atoms with Crippen molar-refractivity contribution >= 4 is 87.5 Å². The minimum absolute atomic E-state index is 0.530. The van der Waals surface area contributed by atoms with Crippen LogP contribution in [0.15, 0.2) is 209 Å². The Balaban J connectivity index is 1.01. The first-order valence-corrected chi connectivity index (χ1v) is 21.4. The van der Waals surface area contributed by atoms with Crippen LogP contribution in [0.4, 0.5) is 0 Å². The second-order valence-electron chi connectivity index (χ2n) is 16.4. The number of benzene rings is 9. The molecule has 0 aliphatic rings. The second-order valence-corrected chi connectivity index (χ2v) is 16.4. The summed E-state index contributed by atoms with van der Waals surface area (Å²) in [5, 5.41) is 8.85. The second kappa shape index (κ2) is 13.3. The maximum atomic E-state index is 6.20. The molecule has 9 aromatic carbocycles. The van der Waals surface area contributed by atoms with Crippen molar-refractivity contribution < 1.29 is 8.83 Å². The Morgan fingerprint density at radius 1 is 0.266 bits per heavy atom. The molecule has 5 aromatic heterocycles. The van der Waals surface area contributed by atoms with Crippen LogP contribution < -0.4 is 0 Å². The average Bonchev–Trinajstić information content (AvgIpc) is 4.11. The van der Waals surface area contributed by atoms with Gasteiger partial charge in [-0.2, -0.15) is 15.0 Å². The zero-order chi connectivity index (χ0) is 41.9. The summed E-state index contributed by atoms with van der Waals surface area (Å²) >= 11 is 0. The normalized spacial score (nSPS) is 12.1. The summed E-state index contributed by atoms with van der Waals surface area (Å²) in [5.74, 6) is 1.64. The minimum Gasteiger partial charge on any atom is -0.456 e. The number of nitrogens with zero attached hydrogens (tertiary/aromatic N) is 5. The summed E-state index contributed by atoms with van der Waals surface area (Å²) in [6, 6.07) is 69.9. The van der Waals surface area contributed by atoms with Crippen molar-refractivity contribution in [1.29, 1.82) is 0 Å². The molecule has 0 saturated heterocycles. The van der Waals surface area contributed by atoms with Crippen LogP contribution in [-0.4, -0.2) is 24.1 Å². The largest absolute Gasteiger partial charge is 0.456 e. The Hall–Kier alpha value is -8.81. The standard InChI is InChI=1S/C57H33N5O2/c1-2-12-34(13-3-1)55-58-56(61-47-18-8-4-14-39(47)41-26-22-37(32-49(41)61)35-24-28-53-45(30-35)43-16-6-10-20-51(43)63-53)60-57(59-55)62-48-19-9-5-15-40(48)42-27-23-38(33-50(42)62)36-25-29-54-46(31-36)44-17-7-11-21-52(44)64-54/h1-33H. The van der Waals surface area contributed by atoms with Crippen molar-refractivity contribution in [3.8, 4) is 45.5 Å². The topological polar surface area (TPSA) is 74.8 Å². The molecule has 0 bridgehead atoms. The molecule has 64 heavy (non-hydrogen) atoms. The van der Waals surface area contributed by atoms with Crippen LogP contribution in [0.5, 0.6) is 0 Å². The van der Waals surface area contributed by atoms with Crippen LogP contribution in [-0.2, 0) is 0 Å². The molecule has 0 fully saturated rings. The van der Waals surface area contributed by atoms with Crippen molar-refractivity contribution in [2.75, 3.05) is 0 Å². The highest BCUT2D eigenvalue weighted by atomic mass is 16.3. The highest BCUT2D eigenvalue weighted by Gasteiger charge is 2.22. The van der Waals surface area contributed by atoms with Gasteiger partial charge in [0.2, 0.25) is 11.9 Å². The van der Waals surface area contributed by atoms with Gasteiger partial charge in [-0.3, -0.25) is 9.13 Å². The molecule has 0 spiro atoms. The van der Waals surface area contributed by atoms with Gasteiger partial charge >= 0.3 is 0 Å². The fraction of sp³-hybridized carbons (Fsp3) is 0. The molecule has 0 atom stereocenters. The van der Waals surface area contributed by atoms with Crippen molar-refractivity contribution in [2.24, 2.45) is 0 Å². The monoisotopic (exact) mass is 819 g/mol. The summed E-state index contributed by atoms with van der Waals surface area (Å²) in [5.41, 5.74) is 12.8. The van der Waals surface area contributed by atoms with Crippen molar-refractivity contribution in [1.82, 2.24) is 24.1 Å². The van der Waals surface area contributed by atoms with Crippen LogP contribution in [0.25, 0.3) is 133 Å². The van der Waals surface area contributed by atoms with Gasteiger partial charge in [-0.05, 0) is 82.9 Å². The van der Waals surface area contributed by atoms with Gasteiger partial charge in [0.1, 0.15) is 22.3 Å². The summed E-state index contributed by atoms with van der Waals surface area (Å²) in [6.45, 7) is 0. The van der Waals surface area contributed by atoms with Gasteiger partial charge < -0.3 is 8.83 Å². The number of hydrogen-bond acceptors (Lipinski definition) is 5. The van der Waals surface area contributed by atoms with E-state index >= 15 is 0 Å². The first kappa shape index (κ1) is 34.9. The van der Waals surface area contributed by atoms with Crippen LogP contribution in [0.1, 0.15) is 0 Å². The van der Waals surface area contributed by atoms with E-state index < -0.39 is 0 Å². The Morgan fingerprint density at radius 3 is 1.17 bits per heavy atom. The molecule has 0 radical (unpaired) electrons. The first-order chi connectivity index (χ1) is 31.7. The van der Waals surface area contributed by atoms with E-state index in [9.17, 15) is 0 Å². The molecular formula is C57H33N5O2. The predicted octanol–water partition coefficient (Wildman–Crippen LogP) is 14.9. The first-order valence-electron chi connectivity index (χ1n) is 21.4. The number of hydrogen-bond donors (Lipinski definition) is 0. The molecule has 0 aliphatic heterocycles. The molecular weight excluding hydrogens is 787 g/mol. The number of fused-ring (bicyclic) bond motifs is 12. The van der Waals surface area contributed by atoms with Gasteiger partial charge in [-0.1, -0.05) is 140 Å². The molecule has 14 aromatic rings. The molecule has 0 N–H and O–H groups in total. The lowest BCUT2D eigenvalue weighted by molar-refractivity contribution is 0.668. The molecule has 298 valence electrons. The summed E-state index contributed by atoms with van der Waals surface area (Å²) in [4.78, 5) is 16.1. The lowest BCUT2D eigenvalue weighted by Gasteiger charge is -2.13. The molecule has 0 aliphatic carbocycles.